The van der Waals surface area contributed by atoms with Gasteiger partial charge in [-0.15, -0.1) is 11.3 Å². The minimum Gasteiger partial charge on any atom is -0.368 e. The monoisotopic (exact) mass is 387 g/mol. The van der Waals surface area contributed by atoms with E-state index in [1.54, 1.807) is 0 Å². The molecule has 0 radical (unpaired) electrons. The van der Waals surface area contributed by atoms with Gasteiger partial charge in [0, 0.05) is 19.6 Å². The number of rotatable bonds is 3. The van der Waals surface area contributed by atoms with Crippen LogP contribution >= 0.6 is 38.9 Å². The number of nitrogens with zero attached hydrogens (tertiary/aromatic N) is 1. The highest BCUT2D eigenvalue weighted by molar-refractivity contribution is 9.11. The van der Waals surface area contributed by atoms with E-state index in [0.29, 0.717) is 15.4 Å². The molecular weight excluding hydrogens is 378 g/mol. The minimum atomic E-state index is -3.76. The van der Waals surface area contributed by atoms with Gasteiger partial charge in [0.15, 0.2) is 0 Å². The van der Waals surface area contributed by atoms with Crippen molar-refractivity contribution in [1.82, 2.24) is 9.62 Å². The molecule has 6 nitrogen and oxygen atoms in total. The molecule has 0 bridgehead atoms. The zero-order valence-corrected chi connectivity index (χ0v) is 13.6. The van der Waals surface area contributed by atoms with E-state index in [1.807, 2.05) is 0 Å². The first-order valence-electron chi connectivity index (χ1n) is 5.30. The van der Waals surface area contributed by atoms with Crippen molar-refractivity contribution in [3.8, 4) is 0 Å². The molecule has 0 saturated carbocycles. The first-order chi connectivity index (χ1) is 8.84. The number of carbonyl (C=O) groups excluding carboxylic acids is 1. The second-order valence-electron chi connectivity index (χ2n) is 3.93. The Hall–Kier alpha value is -0.190. The van der Waals surface area contributed by atoms with Gasteiger partial charge in [-0.25, -0.2) is 8.42 Å². The highest BCUT2D eigenvalue weighted by atomic mass is 79.9. The van der Waals surface area contributed by atoms with Crippen molar-refractivity contribution in [3.63, 3.8) is 0 Å². The number of hydrogen-bond acceptors (Lipinski definition) is 5. The first kappa shape index (κ1) is 15.2. The van der Waals surface area contributed by atoms with Gasteiger partial charge in [0.1, 0.15) is 10.3 Å². The molecule has 0 aromatic carbocycles. The van der Waals surface area contributed by atoms with E-state index in [4.69, 9.17) is 17.3 Å². The molecule has 1 aliphatic heterocycles. The maximum atomic E-state index is 12.5. The summed E-state index contributed by atoms with van der Waals surface area (Å²) in [6.45, 7) is 0.890. The summed E-state index contributed by atoms with van der Waals surface area (Å²) in [5.74, 6) is -0.669. The summed E-state index contributed by atoms with van der Waals surface area (Å²) in [4.78, 5) is 11.4. The summed E-state index contributed by atoms with van der Waals surface area (Å²) in [5, 5.41) is 3.28. The van der Waals surface area contributed by atoms with Crippen LogP contribution in [0.5, 0.6) is 0 Å². The van der Waals surface area contributed by atoms with Crippen LogP contribution in [-0.2, 0) is 14.8 Å². The molecule has 1 aromatic rings. The van der Waals surface area contributed by atoms with E-state index in [9.17, 15) is 13.2 Å². The molecule has 10 heteroatoms. The molecule has 1 fully saturated rings. The topological polar surface area (TPSA) is 92.5 Å². The summed E-state index contributed by atoms with van der Waals surface area (Å²) in [5.41, 5.74) is 5.25. The Kier molecular flexibility index (Phi) is 4.53. The lowest BCUT2D eigenvalue weighted by atomic mass is 10.2. The molecule has 1 unspecified atom stereocenters. The number of nitrogens with one attached hydrogen (secondary N) is 1. The lowest BCUT2D eigenvalue weighted by Crippen LogP contribution is -2.58. The molecule has 2 rings (SSSR count). The number of primary amides is 1. The number of halogens is 2. The van der Waals surface area contributed by atoms with E-state index >= 15 is 0 Å². The predicted octanol–water partition coefficient (Wildman–Crippen LogP) is 0.612. The highest BCUT2D eigenvalue weighted by Crippen LogP contribution is 2.36. The van der Waals surface area contributed by atoms with Gasteiger partial charge in [-0.2, -0.15) is 4.31 Å². The Morgan fingerprint density at radius 1 is 1.63 bits per heavy atom. The Balaban J connectivity index is 2.39. The molecule has 1 amide bonds. The summed E-state index contributed by atoms with van der Waals surface area (Å²) in [7, 11) is -3.76. The minimum absolute atomic E-state index is 0.0949. The molecule has 106 valence electrons. The smallest absolute Gasteiger partial charge is 0.253 e. The number of nitrogens with two attached hydrogens (primary N) is 1. The van der Waals surface area contributed by atoms with E-state index < -0.39 is 22.0 Å². The van der Waals surface area contributed by atoms with E-state index in [2.05, 4.69) is 21.2 Å². The quantitative estimate of drug-likeness (QED) is 0.793. The van der Waals surface area contributed by atoms with Crippen molar-refractivity contribution in [2.24, 2.45) is 5.73 Å². The van der Waals surface area contributed by atoms with Gasteiger partial charge < -0.3 is 11.1 Å². The third-order valence-electron chi connectivity index (χ3n) is 2.71. The SMILES string of the molecule is NC(=O)C1CNCCN1S(=O)(=O)c1cc(Cl)c(Br)s1. The van der Waals surface area contributed by atoms with Crippen molar-refractivity contribution in [2.45, 2.75) is 10.3 Å². The van der Waals surface area contributed by atoms with Gasteiger partial charge >= 0.3 is 0 Å². The van der Waals surface area contributed by atoms with Crippen molar-refractivity contribution in [2.75, 3.05) is 19.6 Å². The fourth-order valence-corrected chi connectivity index (χ4v) is 5.91. The molecule has 2 heterocycles. The summed E-state index contributed by atoms with van der Waals surface area (Å²) in [6, 6.07) is 0.490. The zero-order valence-electron chi connectivity index (χ0n) is 9.60. The molecule has 3 N–H and O–H groups in total. The normalized spacial score (nSPS) is 21.5. The van der Waals surface area contributed by atoms with Crippen LogP contribution in [0.1, 0.15) is 0 Å². The number of sulfonamides is 1. The van der Waals surface area contributed by atoms with Crippen LogP contribution in [0.25, 0.3) is 0 Å². The fourth-order valence-electron chi connectivity index (χ4n) is 1.79. The third kappa shape index (κ3) is 2.96. The van der Waals surface area contributed by atoms with Crippen LogP contribution in [0.3, 0.4) is 0 Å². The van der Waals surface area contributed by atoms with Crippen molar-refractivity contribution >= 4 is 54.8 Å². The van der Waals surface area contributed by atoms with Gasteiger partial charge in [0.25, 0.3) is 10.0 Å². The number of amides is 1. The maximum Gasteiger partial charge on any atom is 0.253 e. The van der Waals surface area contributed by atoms with Gasteiger partial charge in [0.05, 0.1) is 8.81 Å². The van der Waals surface area contributed by atoms with Crippen molar-refractivity contribution < 1.29 is 13.2 Å². The fraction of sp³-hybridized carbons (Fsp3) is 0.444. The van der Waals surface area contributed by atoms with Gasteiger partial charge in [-0.1, -0.05) is 11.6 Å². The molecule has 1 atom stereocenters. The van der Waals surface area contributed by atoms with Gasteiger partial charge in [-0.3, -0.25) is 4.79 Å². The van der Waals surface area contributed by atoms with Crippen LogP contribution < -0.4 is 11.1 Å². The first-order valence-corrected chi connectivity index (χ1v) is 8.73. The lowest BCUT2D eigenvalue weighted by Gasteiger charge is -2.32. The third-order valence-corrected chi connectivity index (χ3v) is 7.54. The van der Waals surface area contributed by atoms with Gasteiger partial charge in [0.2, 0.25) is 5.91 Å². The second kappa shape index (κ2) is 5.66. The van der Waals surface area contributed by atoms with Crippen molar-refractivity contribution in [3.05, 3.63) is 14.9 Å². The Morgan fingerprint density at radius 3 is 2.84 bits per heavy atom. The molecule has 19 heavy (non-hydrogen) atoms. The summed E-state index contributed by atoms with van der Waals surface area (Å²) in [6.07, 6.45) is 0. The standard InChI is InChI=1S/C9H11BrClN3O3S2/c10-8-5(11)3-7(18-8)19(16,17)14-2-1-13-4-6(14)9(12)15/h3,6,13H,1-2,4H2,(H2,12,15). The Labute approximate surface area is 128 Å². The molecule has 1 aliphatic rings. The molecule has 0 aliphatic carbocycles. The number of thiophene rings is 1. The van der Waals surface area contributed by atoms with E-state index in [0.717, 1.165) is 15.6 Å². The van der Waals surface area contributed by atoms with Crippen molar-refractivity contribution in [1.29, 1.82) is 0 Å². The summed E-state index contributed by atoms with van der Waals surface area (Å²) < 4.78 is 26.7. The van der Waals surface area contributed by atoms with Gasteiger partial charge in [-0.05, 0) is 22.0 Å². The van der Waals surface area contributed by atoms with Crippen LogP contribution in [-0.4, -0.2) is 44.3 Å². The average molecular weight is 389 g/mol. The predicted molar refractivity (Wildman–Crippen MR) is 76.8 cm³/mol. The van der Waals surface area contributed by atoms with Crippen LogP contribution in [0, 0.1) is 0 Å². The van der Waals surface area contributed by atoms with Crippen LogP contribution in [0.15, 0.2) is 14.1 Å². The number of hydrogen-bond donors (Lipinski definition) is 2. The molecular formula is C9H11BrClN3O3S2. The van der Waals surface area contributed by atoms with Crippen LogP contribution in [0.4, 0.5) is 0 Å². The van der Waals surface area contributed by atoms with E-state index in [-0.39, 0.29) is 17.3 Å². The lowest BCUT2D eigenvalue weighted by molar-refractivity contribution is -0.122. The average Bonchev–Trinajstić information content (AvgIpc) is 2.70. The Bertz CT molecular complexity index is 584. The van der Waals surface area contributed by atoms with Crippen LogP contribution in [0.2, 0.25) is 5.02 Å². The maximum absolute atomic E-state index is 12.5. The van der Waals surface area contributed by atoms with E-state index in [1.165, 1.54) is 6.07 Å². The zero-order chi connectivity index (χ0) is 14.2. The summed E-state index contributed by atoms with van der Waals surface area (Å²) >= 11 is 10.0. The molecule has 1 saturated heterocycles. The molecule has 1 aromatic heterocycles. The largest absolute Gasteiger partial charge is 0.368 e. The number of piperazine rings is 1. The highest BCUT2D eigenvalue weighted by Gasteiger charge is 2.37. The Morgan fingerprint density at radius 2 is 2.32 bits per heavy atom. The second-order valence-corrected chi connectivity index (χ2v) is 8.82. The molecule has 0 spiro atoms. The number of carbonyl (C=O) groups is 1.